The Hall–Kier alpha value is -4.20. The summed E-state index contributed by atoms with van der Waals surface area (Å²) in [5.74, 6) is -0.468. The minimum atomic E-state index is -4.49. The van der Waals surface area contributed by atoms with Crippen LogP contribution in [0.25, 0.3) is 5.82 Å². The molecule has 0 aliphatic carbocycles. The first kappa shape index (κ1) is 23.0. The number of amides is 1. The van der Waals surface area contributed by atoms with Crippen LogP contribution in [-0.2, 0) is 11.9 Å². The zero-order valence-corrected chi connectivity index (χ0v) is 17.9. The van der Waals surface area contributed by atoms with Crippen molar-refractivity contribution < 1.29 is 22.6 Å². The average Bonchev–Trinajstić information content (AvgIpc) is 3.43. The van der Waals surface area contributed by atoms with Crippen molar-refractivity contribution in [2.24, 2.45) is 5.10 Å². The first-order valence-corrected chi connectivity index (χ1v) is 10.5. The summed E-state index contributed by atoms with van der Waals surface area (Å²) in [5, 5.41) is 18.8. The van der Waals surface area contributed by atoms with Gasteiger partial charge in [-0.3, -0.25) is 4.79 Å². The topological polar surface area (TPSA) is 137 Å². The predicted molar refractivity (Wildman–Crippen MR) is 116 cm³/mol. The molecule has 10 nitrogen and oxygen atoms in total. The molecule has 174 valence electrons. The molecule has 4 aromatic rings. The van der Waals surface area contributed by atoms with Crippen LogP contribution in [-0.4, -0.2) is 37.4 Å². The molecule has 14 heteroatoms. The van der Waals surface area contributed by atoms with Crippen LogP contribution in [0.4, 0.5) is 19.0 Å². The lowest BCUT2D eigenvalue weighted by Crippen LogP contribution is -2.20. The molecule has 0 spiro atoms. The fourth-order valence-electron chi connectivity index (χ4n) is 2.80. The molecule has 0 atom stereocenters. The van der Waals surface area contributed by atoms with E-state index in [1.807, 2.05) is 30.3 Å². The molecule has 0 unspecified atom stereocenters. The number of nitrogen functional groups attached to an aromatic ring is 1. The van der Waals surface area contributed by atoms with Gasteiger partial charge in [0.15, 0.2) is 5.69 Å². The van der Waals surface area contributed by atoms with Crippen molar-refractivity contribution in [1.29, 1.82) is 0 Å². The van der Waals surface area contributed by atoms with Gasteiger partial charge in [-0.2, -0.15) is 23.0 Å². The molecule has 0 aliphatic rings. The van der Waals surface area contributed by atoms with E-state index in [9.17, 15) is 18.0 Å². The molecule has 34 heavy (non-hydrogen) atoms. The van der Waals surface area contributed by atoms with Gasteiger partial charge in [0.25, 0.3) is 5.91 Å². The maximum atomic E-state index is 12.9. The summed E-state index contributed by atoms with van der Waals surface area (Å²) in [5.41, 5.74) is 7.59. The normalized spacial score (nSPS) is 11.7. The average molecular weight is 488 g/mol. The zero-order chi connectivity index (χ0) is 24.1. The van der Waals surface area contributed by atoms with Crippen LogP contribution in [0.15, 0.2) is 69.2 Å². The number of nitrogens with two attached hydrogens (primary N) is 1. The molecule has 1 amide bonds. The second-order valence-corrected chi connectivity index (χ2v) is 7.74. The summed E-state index contributed by atoms with van der Waals surface area (Å²) in [6.07, 6.45) is -3.40. The second-order valence-electron chi connectivity index (χ2n) is 6.69. The minimum absolute atomic E-state index is 0.0506. The fourth-order valence-corrected chi connectivity index (χ4v) is 3.71. The van der Waals surface area contributed by atoms with Crippen molar-refractivity contribution in [3.05, 3.63) is 77.1 Å². The first-order valence-electron chi connectivity index (χ1n) is 9.54. The molecule has 4 rings (SSSR count). The smallest absolute Gasteiger partial charge is 0.378 e. The van der Waals surface area contributed by atoms with Gasteiger partial charge in [0.05, 0.1) is 17.5 Å². The molecule has 0 fully saturated rings. The van der Waals surface area contributed by atoms with Crippen LogP contribution in [0.5, 0.6) is 0 Å². The summed E-state index contributed by atoms with van der Waals surface area (Å²) >= 11 is 1.41. The summed E-state index contributed by atoms with van der Waals surface area (Å²) in [6, 6.07) is 13.9. The third kappa shape index (κ3) is 5.23. The number of carbonyl (C=O) groups is 1. The lowest BCUT2D eigenvalue weighted by Gasteiger charge is -2.06. The molecule has 0 saturated carbocycles. The predicted octanol–water partition coefficient (Wildman–Crippen LogP) is 3.31. The number of carbonyl (C=O) groups excluding carboxylic acids is 1. The fraction of sp³-hybridized carbons (Fsp3) is 0.100. The Kier molecular flexibility index (Phi) is 6.58. The van der Waals surface area contributed by atoms with E-state index in [1.54, 1.807) is 0 Å². The number of hydrogen-bond acceptors (Lipinski definition) is 9. The number of nitrogens with one attached hydrogen (secondary N) is 1. The largest absolute Gasteiger partial charge is 0.416 e. The number of thioether (sulfide) groups is 1. The summed E-state index contributed by atoms with van der Waals surface area (Å²) in [6.45, 7) is 0. The Labute approximate surface area is 194 Å². The van der Waals surface area contributed by atoms with Gasteiger partial charge in [0.2, 0.25) is 11.6 Å². The Morgan fingerprint density at radius 3 is 2.68 bits per heavy atom. The Morgan fingerprint density at radius 2 is 1.97 bits per heavy atom. The van der Waals surface area contributed by atoms with Crippen molar-refractivity contribution in [3.63, 3.8) is 0 Å². The van der Waals surface area contributed by atoms with Gasteiger partial charge >= 0.3 is 6.18 Å². The van der Waals surface area contributed by atoms with E-state index in [2.05, 4.69) is 35.8 Å². The first-order chi connectivity index (χ1) is 16.3. The molecule has 0 aliphatic heterocycles. The SMILES string of the molecule is Nc1nonc1-n1nnc(C(=O)NN=Cc2cccc(C(F)(F)F)c2)c1CSc1ccccc1. The quantitative estimate of drug-likeness (QED) is 0.230. The van der Waals surface area contributed by atoms with E-state index in [-0.39, 0.29) is 28.6 Å². The van der Waals surface area contributed by atoms with Gasteiger partial charge in [-0.25, -0.2) is 10.1 Å². The molecule has 0 saturated heterocycles. The number of hydrogen-bond donors (Lipinski definition) is 2. The van der Waals surface area contributed by atoms with E-state index in [1.165, 1.54) is 28.6 Å². The monoisotopic (exact) mass is 488 g/mol. The highest BCUT2D eigenvalue weighted by Gasteiger charge is 2.30. The van der Waals surface area contributed by atoms with Crippen LogP contribution in [0.2, 0.25) is 0 Å². The maximum absolute atomic E-state index is 12.9. The number of nitrogens with zero attached hydrogens (tertiary/aromatic N) is 6. The Morgan fingerprint density at radius 1 is 1.18 bits per heavy atom. The van der Waals surface area contributed by atoms with Gasteiger partial charge in [0, 0.05) is 10.6 Å². The van der Waals surface area contributed by atoms with E-state index >= 15 is 0 Å². The highest BCUT2D eigenvalue weighted by atomic mass is 32.2. The molecule has 2 aromatic carbocycles. The van der Waals surface area contributed by atoms with Gasteiger partial charge < -0.3 is 5.73 Å². The summed E-state index contributed by atoms with van der Waals surface area (Å²) in [7, 11) is 0. The third-order valence-corrected chi connectivity index (χ3v) is 5.41. The number of aromatic nitrogens is 5. The van der Waals surface area contributed by atoms with Gasteiger partial charge in [0.1, 0.15) is 0 Å². The van der Waals surface area contributed by atoms with Gasteiger partial charge in [-0.1, -0.05) is 35.5 Å². The molecular weight excluding hydrogens is 473 g/mol. The molecule has 2 aromatic heterocycles. The maximum Gasteiger partial charge on any atom is 0.416 e. The highest BCUT2D eigenvalue weighted by molar-refractivity contribution is 7.98. The van der Waals surface area contributed by atoms with Crippen molar-refractivity contribution in [2.75, 3.05) is 5.73 Å². The van der Waals surface area contributed by atoms with Crippen LogP contribution in [0.3, 0.4) is 0 Å². The number of halogens is 3. The number of alkyl halides is 3. The van der Waals surface area contributed by atoms with Crippen LogP contribution in [0.1, 0.15) is 27.3 Å². The van der Waals surface area contributed by atoms with Crippen LogP contribution in [0, 0.1) is 0 Å². The van der Waals surface area contributed by atoms with E-state index in [4.69, 9.17) is 5.73 Å². The number of benzene rings is 2. The minimum Gasteiger partial charge on any atom is -0.378 e. The number of hydrazone groups is 1. The van der Waals surface area contributed by atoms with E-state index in [0.717, 1.165) is 23.2 Å². The van der Waals surface area contributed by atoms with E-state index in [0.29, 0.717) is 5.69 Å². The lowest BCUT2D eigenvalue weighted by molar-refractivity contribution is -0.137. The molecule has 0 bridgehead atoms. The summed E-state index contributed by atoms with van der Waals surface area (Å²) in [4.78, 5) is 13.7. The Balaban J connectivity index is 1.55. The Bertz CT molecular complexity index is 1320. The van der Waals surface area contributed by atoms with Crippen molar-refractivity contribution in [2.45, 2.75) is 16.8 Å². The van der Waals surface area contributed by atoms with Crippen LogP contribution >= 0.6 is 11.8 Å². The number of anilines is 1. The molecule has 3 N–H and O–H groups in total. The van der Waals surface area contributed by atoms with E-state index < -0.39 is 17.6 Å². The zero-order valence-electron chi connectivity index (χ0n) is 17.1. The van der Waals surface area contributed by atoms with Gasteiger partial charge in [-0.05, 0) is 40.1 Å². The summed E-state index contributed by atoms with van der Waals surface area (Å²) < 4.78 is 44.4. The van der Waals surface area contributed by atoms with Crippen molar-refractivity contribution in [1.82, 2.24) is 30.7 Å². The van der Waals surface area contributed by atoms with Crippen molar-refractivity contribution >= 4 is 29.7 Å². The van der Waals surface area contributed by atoms with Crippen LogP contribution < -0.4 is 11.2 Å². The second kappa shape index (κ2) is 9.74. The van der Waals surface area contributed by atoms with Crippen molar-refractivity contribution in [3.8, 4) is 5.82 Å². The molecule has 2 heterocycles. The van der Waals surface area contributed by atoms with Gasteiger partial charge in [-0.15, -0.1) is 16.9 Å². The molecule has 0 radical (unpaired) electrons. The number of rotatable bonds is 7. The third-order valence-electron chi connectivity index (χ3n) is 4.39. The highest BCUT2D eigenvalue weighted by Crippen LogP contribution is 2.29. The molecular formula is C20H15F3N8O2S. The lowest BCUT2D eigenvalue weighted by atomic mass is 10.1. The standard InChI is InChI=1S/C20H15F3N8O2S/c21-20(22,23)13-6-4-5-12(9-13)10-25-27-19(32)16-15(11-34-14-7-2-1-3-8-14)31(30-26-16)18-17(24)28-33-29-18/h1-10H,11H2,(H2,24,28)(H,27,32).